The molecule has 2 rings (SSSR count). The van der Waals surface area contributed by atoms with Gasteiger partial charge in [-0.05, 0) is 44.7 Å². The molecule has 0 saturated carbocycles. The number of nitrogens with one attached hydrogen (secondary N) is 2. The van der Waals surface area contributed by atoms with Gasteiger partial charge in [0.1, 0.15) is 0 Å². The number of hydrogen-bond donors (Lipinski definition) is 2. The third-order valence-electron chi connectivity index (χ3n) is 3.17. The SMILES string of the molecule is CNS(=O)(=O)c1cc(NC(C)c2ccoc2)ccc1C. The molecule has 1 unspecified atom stereocenters. The summed E-state index contributed by atoms with van der Waals surface area (Å²) in [6, 6.07) is 7.19. The van der Waals surface area contributed by atoms with Gasteiger partial charge in [0.05, 0.1) is 23.5 Å². The average molecular weight is 294 g/mol. The van der Waals surface area contributed by atoms with Crippen LogP contribution in [0.3, 0.4) is 0 Å². The molecule has 0 bridgehead atoms. The maximum Gasteiger partial charge on any atom is 0.240 e. The maximum absolute atomic E-state index is 11.9. The van der Waals surface area contributed by atoms with Crippen LogP contribution in [-0.4, -0.2) is 15.5 Å². The lowest BCUT2D eigenvalue weighted by Gasteiger charge is -2.15. The Bertz CT molecular complexity index is 678. The molecule has 2 N–H and O–H groups in total. The van der Waals surface area contributed by atoms with Crippen molar-refractivity contribution in [2.75, 3.05) is 12.4 Å². The Labute approximate surface area is 119 Å². The van der Waals surface area contributed by atoms with Crippen molar-refractivity contribution in [1.82, 2.24) is 4.72 Å². The number of anilines is 1. The summed E-state index contributed by atoms with van der Waals surface area (Å²) in [6.07, 6.45) is 3.27. The van der Waals surface area contributed by atoms with Crippen molar-refractivity contribution in [1.29, 1.82) is 0 Å². The lowest BCUT2D eigenvalue weighted by atomic mass is 10.1. The van der Waals surface area contributed by atoms with Crippen molar-refractivity contribution < 1.29 is 12.8 Å². The highest BCUT2D eigenvalue weighted by molar-refractivity contribution is 7.89. The summed E-state index contributed by atoms with van der Waals surface area (Å²) >= 11 is 0. The first kappa shape index (κ1) is 14.6. The van der Waals surface area contributed by atoms with E-state index in [0.29, 0.717) is 5.56 Å². The van der Waals surface area contributed by atoms with Crippen molar-refractivity contribution >= 4 is 15.7 Å². The van der Waals surface area contributed by atoms with E-state index in [2.05, 4.69) is 10.0 Å². The van der Waals surface area contributed by atoms with Crippen molar-refractivity contribution in [3.63, 3.8) is 0 Å². The Balaban J connectivity index is 2.28. The van der Waals surface area contributed by atoms with Gasteiger partial charge in [-0.15, -0.1) is 0 Å². The molecule has 108 valence electrons. The van der Waals surface area contributed by atoms with Gasteiger partial charge in [0.2, 0.25) is 10.0 Å². The molecule has 1 heterocycles. The van der Waals surface area contributed by atoms with E-state index in [0.717, 1.165) is 11.3 Å². The molecule has 0 amide bonds. The fourth-order valence-corrected chi connectivity index (χ4v) is 2.94. The Morgan fingerprint density at radius 3 is 2.60 bits per heavy atom. The summed E-state index contributed by atoms with van der Waals surface area (Å²) in [5.41, 5.74) is 2.46. The highest BCUT2D eigenvalue weighted by atomic mass is 32.2. The lowest BCUT2D eigenvalue weighted by molar-refractivity contribution is 0.562. The molecular weight excluding hydrogens is 276 g/mol. The molecule has 1 aromatic carbocycles. The molecule has 1 atom stereocenters. The molecule has 0 radical (unpaired) electrons. The van der Waals surface area contributed by atoms with Crippen molar-refractivity contribution in [3.8, 4) is 0 Å². The molecule has 0 aliphatic heterocycles. The Morgan fingerprint density at radius 1 is 1.25 bits per heavy atom. The zero-order valence-electron chi connectivity index (χ0n) is 11.7. The molecule has 0 spiro atoms. The second kappa shape index (κ2) is 5.68. The Hall–Kier alpha value is -1.79. The van der Waals surface area contributed by atoms with Crippen LogP contribution in [0.15, 0.2) is 46.1 Å². The van der Waals surface area contributed by atoms with E-state index in [-0.39, 0.29) is 10.9 Å². The summed E-state index contributed by atoms with van der Waals surface area (Å²) in [4.78, 5) is 0.282. The van der Waals surface area contributed by atoms with Crippen LogP contribution in [0.4, 0.5) is 5.69 Å². The molecule has 6 heteroatoms. The van der Waals surface area contributed by atoms with E-state index in [9.17, 15) is 8.42 Å². The second-order valence-electron chi connectivity index (χ2n) is 4.61. The molecule has 0 aliphatic carbocycles. The van der Waals surface area contributed by atoms with Crippen molar-refractivity contribution in [3.05, 3.63) is 47.9 Å². The summed E-state index contributed by atoms with van der Waals surface area (Å²) in [7, 11) is -2.04. The van der Waals surface area contributed by atoms with Crippen molar-refractivity contribution in [2.45, 2.75) is 24.8 Å². The van der Waals surface area contributed by atoms with Gasteiger partial charge >= 0.3 is 0 Å². The number of benzene rings is 1. The number of hydrogen-bond acceptors (Lipinski definition) is 4. The predicted octanol–water partition coefficient (Wildman–Crippen LogP) is 2.67. The number of furan rings is 1. The first-order valence-corrected chi connectivity index (χ1v) is 7.75. The van der Waals surface area contributed by atoms with E-state index in [1.54, 1.807) is 31.6 Å². The van der Waals surface area contributed by atoms with Crippen LogP contribution in [0, 0.1) is 6.92 Å². The highest BCUT2D eigenvalue weighted by Gasteiger charge is 2.16. The summed E-state index contributed by atoms with van der Waals surface area (Å²) < 4.78 is 31.2. The van der Waals surface area contributed by atoms with Gasteiger partial charge in [-0.2, -0.15) is 0 Å². The van der Waals surface area contributed by atoms with E-state index in [1.165, 1.54) is 7.05 Å². The minimum atomic E-state index is -3.45. The topological polar surface area (TPSA) is 71.3 Å². The Kier molecular flexibility index (Phi) is 4.15. The van der Waals surface area contributed by atoms with Gasteiger partial charge in [-0.1, -0.05) is 6.07 Å². The number of sulfonamides is 1. The molecule has 0 fully saturated rings. The van der Waals surface area contributed by atoms with Crippen LogP contribution in [0.25, 0.3) is 0 Å². The quantitative estimate of drug-likeness (QED) is 0.889. The average Bonchev–Trinajstić information content (AvgIpc) is 2.95. The molecule has 0 saturated heterocycles. The molecule has 0 aliphatic rings. The van der Waals surface area contributed by atoms with Crippen LogP contribution in [-0.2, 0) is 10.0 Å². The van der Waals surface area contributed by atoms with Gasteiger partial charge in [0.15, 0.2) is 0 Å². The van der Waals surface area contributed by atoms with Crippen molar-refractivity contribution in [2.24, 2.45) is 0 Å². The third-order valence-corrected chi connectivity index (χ3v) is 4.73. The first-order chi connectivity index (χ1) is 9.44. The van der Waals surface area contributed by atoms with Gasteiger partial charge in [0, 0.05) is 11.3 Å². The van der Waals surface area contributed by atoms with Crippen LogP contribution >= 0.6 is 0 Å². The molecular formula is C14H18N2O3S. The van der Waals surface area contributed by atoms with E-state index in [1.807, 2.05) is 19.1 Å². The van der Waals surface area contributed by atoms with E-state index in [4.69, 9.17) is 4.42 Å². The normalized spacial score (nSPS) is 13.2. The van der Waals surface area contributed by atoms with Crippen LogP contribution in [0.5, 0.6) is 0 Å². The smallest absolute Gasteiger partial charge is 0.240 e. The van der Waals surface area contributed by atoms with E-state index < -0.39 is 10.0 Å². The third kappa shape index (κ3) is 3.02. The van der Waals surface area contributed by atoms with Gasteiger partial charge in [-0.25, -0.2) is 13.1 Å². The molecule has 2 aromatic rings. The summed E-state index contributed by atoms with van der Waals surface area (Å²) in [6.45, 7) is 3.75. The minimum absolute atomic E-state index is 0.0293. The van der Waals surface area contributed by atoms with Gasteiger partial charge in [-0.3, -0.25) is 0 Å². The zero-order chi connectivity index (χ0) is 14.8. The maximum atomic E-state index is 11.9. The standard InChI is InChI=1S/C14H18N2O3S/c1-10-4-5-13(8-14(10)20(17,18)15-3)16-11(2)12-6-7-19-9-12/h4-9,11,15-16H,1-3H3. The summed E-state index contributed by atoms with van der Waals surface area (Å²) in [5.74, 6) is 0. The number of aryl methyl sites for hydroxylation is 1. The fraction of sp³-hybridized carbons (Fsp3) is 0.286. The largest absolute Gasteiger partial charge is 0.472 e. The fourth-order valence-electron chi connectivity index (χ4n) is 1.94. The number of rotatable bonds is 5. The minimum Gasteiger partial charge on any atom is -0.472 e. The second-order valence-corrected chi connectivity index (χ2v) is 6.47. The van der Waals surface area contributed by atoms with Crippen LogP contribution in [0.2, 0.25) is 0 Å². The van der Waals surface area contributed by atoms with Gasteiger partial charge in [0.25, 0.3) is 0 Å². The zero-order valence-corrected chi connectivity index (χ0v) is 12.5. The molecule has 5 nitrogen and oxygen atoms in total. The predicted molar refractivity (Wildman–Crippen MR) is 78.2 cm³/mol. The van der Waals surface area contributed by atoms with E-state index >= 15 is 0 Å². The first-order valence-electron chi connectivity index (χ1n) is 6.27. The lowest BCUT2D eigenvalue weighted by Crippen LogP contribution is -2.20. The molecule has 20 heavy (non-hydrogen) atoms. The van der Waals surface area contributed by atoms with Gasteiger partial charge < -0.3 is 9.73 Å². The highest BCUT2D eigenvalue weighted by Crippen LogP contribution is 2.24. The molecule has 1 aromatic heterocycles. The summed E-state index contributed by atoms with van der Waals surface area (Å²) in [5, 5.41) is 3.26. The van der Waals surface area contributed by atoms with Crippen LogP contribution < -0.4 is 10.0 Å². The van der Waals surface area contributed by atoms with Crippen LogP contribution in [0.1, 0.15) is 24.1 Å². The monoisotopic (exact) mass is 294 g/mol. The Morgan fingerprint density at radius 2 is 2.00 bits per heavy atom.